The van der Waals surface area contributed by atoms with Crippen LogP contribution in [-0.2, 0) is 10.0 Å². The van der Waals surface area contributed by atoms with Gasteiger partial charge in [-0.1, -0.05) is 12.1 Å². The maximum Gasteiger partial charge on any atom is 0.270 e. The van der Waals surface area contributed by atoms with E-state index in [1.165, 1.54) is 41.0 Å². The number of nitrogens with zero attached hydrogens (tertiary/aromatic N) is 2. The number of aromatic nitrogens is 2. The SMILES string of the molecule is O=Cc1cn(S(=O)(=O)c2ccsc2)c(-c2ccccc2F)n1. The van der Waals surface area contributed by atoms with Crippen LogP contribution < -0.4 is 0 Å². The molecule has 112 valence electrons. The van der Waals surface area contributed by atoms with E-state index in [4.69, 9.17) is 0 Å². The summed E-state index contributed by atoms with van der Waals surface area (Å²) < 4.78 is 40.0. The van der Waals surface area contributed by atoms with E-state index >= 15 is 0 Å². The van der Waals surface area contributed by atoms with E-state index < -0.39 is 15.8 Å². The molecule has 0 amide bonds. The molecule has 0 spiro atoms. The van der Waals surface area contributed by atoms with Crippen molar-refractivity contribution in [3.63, 3.8) is 0 Å². The first-order chi connectivity index (χ1) is 10.5. The van der Waals surface area contributed by atoms with Gasteiger partial charge in [0.1, 0.15) is 11.5 Å². The van der Waals surface area contributed by atoms with Crippen molar-refractivity contribution in [2.45, 2.75) is 4.90 Å². The Morgan fingerprint density at radius 1 is 1.23 bits per heavy atom. The van der Waals surface area contributed by atoms with Gasteiger partial charge in [-0.05, 0) is 23.6 Å². The second-order valence-corrected chi connectivity index (χ2v) is 6.94. The van der Waals surface area contributed by atoms with Gasteiger partial charge in [0.15, 0.2) is 12.1 Å². The molecule has 2 heterocycles. The molecule has 0 aliphatic heterocycles. The maximum atomic E-state index is 14.0. The molecule has 0 unspecified atom stereocenters. The number of rotatable bonds is 4. The lowest BCUT2D eigenvalue weighted by molar-refractivity contribution is 0.111. The van der Waals surface area contributed by atoms with Gasteiger partial charge in [0.25, 0.3) is 10.0 Å². The van der Waals surface area contributed by atoms with Crippen LogP contribution in [-0.4, -0.2) is 23.7 Å². The minimum absolute atomic E-state index is 0.00871. The fourth-order valence-corrected chi connectivity index (χ4v) is 4.29. The number of carbonyl (C=O) groups is 1. The van der Waals surface area contributed by atoms with Crippen molar-refractivity contribution in [1.82, 2.24) is 8.96 Å². The molecule has 0 fully saturated rings. The second-order valence-electron chi connectivity index (χ2n) is 4.35. The molecule has 22 heavy (non-hydrogen) atoms. The number of carbonyl (C=O) groups excluding carboxylic acids is 1. The number of aldehydes is 1. The Bertz CT molecular complexity index is 931. The fraction of sp³-hybridized carbons (Fsp3) is 0. The van der Waals surface area contributed by atoms with Crippen molar-refractivity contribution < 1.29 is 17.6 Å². The van der Waals surface area contributed by atoms with E-state index in [1.54, 1.807) is 11.4 Å². The monoisotopic (exact) mass is 336 g/mol. The zero-order chi connectivity index (χ0) is 15.7. The van der Waals surface area contributed by atoms with Crippen LogP contribution in [0.1, 0.15) is 10.5 Å². The van der Waals surface area contributed by atoms with Crippen molar-refractivity contribution in [2.24, 2.45) is 0 Å². The average molecular weight is 336 g/mol. The summed E-state index contributed by atoms with van der Waals surface area (Å²) in [6.45, 7) is 0. The minimum atomic E-state index is -3.94. The Morgan fingerprint density at radius 2 is 2.00 bits per heavy atom. The van der Waals surface area contributed by atoms with Gasteiger partial charge in [-0.3, -0.25) is 4.79 Å². The topological polar surface area (TPSA) is 69.0 Å². The van der Waals surface area contributed by atoms with E-state index in [9.17, 15) is 17.6 Å². The quantitative estimate of drug-likeness (QED) is 0.687. The molecule has 0 aliphatic rings. The summed E-state index contributed by atoms with van der Waals surface area (Å²) in [4.78, 5) is 14.9. The largest absolute Gasteiger partial charge is 0.296 e. The third kappa shape index (κ3) is 2.36. The third-order valence-electron chi connectivity index (χ3n) is 2.98. The summed E-state index contributed by atoms with van der Waals surface area (Å²) in [7, 11) is -3.94. The zero-order valence-electron chi connectivity index (χ0n) is 11.0. The van der Waals surface area contributed by atoms with E-state index in [0.29, 0.717) is 6.29 Å². The van der Waals surface area contributed by atoms with Crippen LogP contribution in [0.25, 0.3) is 11.4 Å². The van der Waals surface area contributed by atoms with Gasteiger partial charge < -0.3 is 0 Å². The molecule has 0 bridgehead atoms. The van der Waals surface area contributed by atoms with Crippen molar-refractivity contribution >= 4 is 27.6 Å². The Kier molecular flexibility index (Phi) is 3.63. The van der Waals surface area contributed by atoms with Gasteiger partial charge in [-0.15, -0.1) is 0 Å². The molecule has 0 saturated carbocycles. The van der Waals surface area contributed by atoms with Gasteiger partial charge >= 0.3 is 0 Å². The highest BCUT2D eigenvalue weighted by Crippen LogP contribution is 2.26. The molecule has 3 rings (SSSR count). The number of hydrogen-bond acceptors (Lipinski definition) is 5. The van der Waals surface area contributed by atoms with Crippen molar-refractivity contribution in [3.05, 3.63) is 58.8 Å². The molecule has 5 nitrogen and oxygen atoms in total. The number of thiophene rings is 1. The molecule has 0 aliphatic carbocycles. The molecule has 8 heteroatoms. The van der Waals surface area contributed by atoms with Gasteiger partial charge in [0.2, 0.25) is 0 Å². The zero-order valence-corrected chi connectivity index (χ0v) is 12.6. The van der Waals surface area contributed by atoms with Crippen LogP contribution in [0.2, 0.25) is 0 Å². The first-order valence-electron chi connectivity index (χ1n) is 6.11. The lowest BCUT2D eigenvalue weighted by atomic mass is 10.2. The minimum Gasteiger partial charge on any atom is -0.296 e. The second kappa shape index (κ2) is 5.47. The molecule has 3 aromatic rings. The number of halogens is 1. The molecular weight excluding hydrogens is 327 g/mol. The van der Waals surface area contributed by atoms with Crippen LogP contribution in [0.5, 0.6) is 0 Å². The highest BCUT2D eigenvalue weighted by molar-refractivity contribution is 7.90. The van der Waals surface area contributed by atoms with E-state index in [1.807, 2.05) is 0 Å². The van der Waals surface area contributed by atoms with Gasteiger partial charge in [0.05, 0.1) is 16.7 Å². The van der Waals surface area contributed by atoms with Gasteiger partial charge in [-0.2, -0.15) is 11.3 Å². The summed E-state index contributed by atoms with van der Waals surface area (Å²) in [5.41, 5.74) is -0.0773. The highest BCUT2D eigenvalue weighted by Gasteiger charge is 2.24. The molecule has 0 atom stereocenters. The van der Waals surface area contributed by atoms with Crippen LogP contribution in [0.15, 0.2) is 52.2 Å². The first kappa shape index (κ1) is 14.6. The lowest BCUT2D eigenvalue weighted by Crippen LogP contribution is -2.13. The standard InChI is InChI=1S/C14H9FN2O3S2/c15-13-4-2-1-3-12(13)14-16-10(8-18)7-17(14)22(19,20)11-5-6-21-9-11/h1-9H. The highest BCUT2D eigenvalue weighted by atomic mass is 32.2. The molecule has 0 N–H and O–H groups in total. The summed E-state index contributed by atoms with van der Waals surface area (Å²) in [6.07, 6.45) is 1.51. The summed E-state index contributed by atoms with van der Waals surface area (Å²) >= 11 is 1.22. The van der Waals surface area contributed by atoms with Crippen molar-refractivity contribution in [2.75, 3.05) is 0 Å². The van der Waals surface area contributed by atoms with E-state index in [0.717, 1.165) is 10.2 Å². The lowest BCUT2D eigenvalue weighted by Gasteiger charge is -2.08. The predicted molar refractivity (Wildman–Crippen MR) is 79.9 cm³/mol. The number of imidazole rings is 1. The van der Waals surface area contributed by atoms with Crippen molar-refractivity contribution in [3.8, 4) is 11.4 Å². The Labute approximate surface area is 129 Å². The first-order valence-corrected chi connectivity index (χ1v) is 8.49. The van der Waals surface area contributed by atoms with Crippen LogP contribution >= 0.6 is 11.3 Å². The molecule has 0 radical (unpaired) electrons. The molecule has 0 saturated heterocycles. The fourth-order valence-electron chi connectivity index (χ4n) is 1.96. The van der Waals surface area contributed by atoms with Crippen LogP contribution in [0, 0.1) is 5.82 Å². The van der Waals surface area contributed by atoms with Crippen LogP contribution in [0.3, 0.4) is 0 Å². The van der Waals surface area contributed by atoms with E-state index in [2.05, 4.69) is 4.98 Å². The third-order valence-corrected chi connectivity index (χ3v) is 5.46. The summed E-state index contributed by atoms with van der Waals surface area (Å²) in [5.74, 6) is -0.751. The van der Waals surface area contributed by atoms with Crippen molar-refractivity contribution in [1.29, 1.82) is 0 Å². The molecule has 1 aromatic carbocycles. The van der Waals surface area contributed by atoms with E-state index in [-0.39, 0.29) is 22.0 Å². The Morgan fingerprint density at radius 3 is 2.64 bits per heavy atom. The van der Waals surface area contributed by atoms with Crippen LogP contribution in [0.4, 0.5) is 4.39 Å². The average Bonchev–Trinajstić information content (AvgIpc) is 3.18. The molecule has 2 aromatic heterocycles. The molecular formula is C14H9FN2O3S2. The Hall–Kier alpha value is -2.32. The van der Waals surface area contributed by atoms with Gasteiger partial charge in [-0.25, -0.2) is 21.8 Å². The smallest absolute Gasteiger partial charge is 0.270 e. The van der Waals surface area contributed by atoms with Gasteiger partial charge in [0, 0.05) is 5.38 Å². The maximum absolute atomic E-state index is 14.0. The Balaban J connectivity index is 2.28. The summed E-state index contributed by atoms with van der Waals surface area (Å²) in [5, 5.41) is 3.08. The normalized spacial score (nSPS) is 11.5. The number of benzene rings is 1. The predicted octanol–water partition coefficient (Wildman–Crippen LogP) is 2.80. The summed E-state index contributed by atoms with van der Waals surface area (Å²) in [6, 6.07) is 7.10. The number of hydrogen-bond donors (Lipinski definition) is 0.